The SMILES string of the molecule is CCCCCCCCC1OC2(CCCCCCCCCC(=O)O)CCCC1O2. The van der Waals surface area contributed by atoms with Crippen LogP contribution < -0.4 is 0 Å². The van der Waals surface area contributed by atoms with Crippen LogP contribution in [0.3, 0.4) is 0 Å². The molecule has 2 saturated heterocycles. The number of carboxylic acids is 1. The Bertz CT molecular complexity index is 425. The fourth-order valence-electron chi connectivity index (χ4n) is 4.83. The molecule has 4 nitrogen and oxygen atoms in total. The summed E-state index contributed by atoms with van der Waals surface area (Å²) in [7, 11) is 0. The smallest absolute Gasteiger partial charge is 0.303 e. The number of carboxylic acid groups (broad SMARTS) is 1. The lowest BCUT2D eigenvalue weighted by molar-refractivity contribution is -0.198. The molecule has 2 bridgehead atoms. The first-order valence-electron chi connectivity index (χ1n) is 12.2. The number of rotatable bonds is 17. The van der Waals surface area contributed by atoms with Crippen molar-refractivity contribution in [2.45, 2.75) is 147 Å². The fraction of sp³-hybridized carbons (Fsp3) is 0.958. The molecule has 0 aromatic carbocycles. The minimum absolute atomic E-state index is 0.267. The summed E-state index contributed by atoms with van der Waals surface area (Å²) in [6.45, 7) is 2.27. The summed E-state index contributed by atoms with van der Waals surface area (Å²) in [4.78, 5) is 10.5. The van der Waals surface area contributed by atoms with Gasteiger partial charge in [-0.2, -0.15) is 0 Å². The molecule has 2 heterocycles. The molecule has 3 unspecified atom stereocenters. The molecular formula is C24H44O4. The van der Waals surface area contributed by atoms with Gasteiger partial charge in [-0.1, -0.05) is 77.6 Å². The van der Waals surface area contributed by atoms with Gasteiger partial charge in [-0.3, -0.25) is 4.79 Å². The molecule has 4 heteroatoms. The molecule has 0 aromatic heterocycles. The number of aliphatic carboxylic acids is 1. The maximum atomic E-state index is 10.5. The molecular weight excluding hydrogens is 352 g/mol. The van der Waals surface area contributed by atoms with Gasteiger partial charge in [0, 0.05) is 19.3 Å². The second kappa shape index (κ2) is 13.6. The molecule has 2 fully saturated rings. The van der Waals surface area contributed by atoms with Gasteiger partial charge in [0.15, 0.2) is 5.79 Å². The predicted molar refractivity (Wildman–Crippen MR) is 114 cm³/mol. The molecule has 1 N–H and O–H groups in total. The fourth-order valence-corrected chi connectivity index (χ4v) is 4.83. The van der Waals surface area contributed by atoms with Crippen LogP contribution in [0.5, 0.6) is 0 Å². The summed E-state index contributed by atoms with van der Waals surface area (Å²) >= 11 is 0. The standard InChI is InChI=1S/C24H44O4/c1-2-3-4-5-9-12-16-21-22-17-15-20-24(27-21,28-22)19-14-11-8-6-7-10-13-18-23(25)26/h21-22H,2-20H2,1H3,(H,25,26). The lowest BCUT2D eigenvalue weighted by atomic mass is 9.96. The minimum atomic E-state index is -0.670. The lowest BCUT2D eigenvalue weighted by Crippen LogP contribution is -2.34. The van der Waals surface area contributed by atoms with Crippen LogP contribution in [0.4, 0.5) is 0 Å². The third kappa shape index (κ3) is 8.82. The van der Waals surface area contributed by atoms with Crippen molar-refractivity contribution in [3.05, 3.63) is 0 Å². The van der Waals surface area contributed by atoms with E-state index in [0.29, 0.717) is 18.6 Å². The predicted octanol–water partition coefficient (Wildman–Crippen LogP) is 7.00. The monoisotopic (exact) mass is 396 g/mol. The number of hydrogen-bond donors (Lipinski definition) is 1. The zero-order chi connectivity index (χ0) is 20.1. The third-order valence-electron chi connectivity index (χ3n) is 6.48. The largest absolute Gasteiger partial charge is 0.481 e. The Balaban J connectivity index is 1.53. The van der Waals surface area contributed by atoms with E-state index in [-0.39, 0.29) is 5.79 Å². The lowest BCUT2D eigenvalue weighted by Gasteiger charge is -2.31. The number of unbranched alkanes of at least 4 members (excludes halogenated alkanes) is 11. The normalized spacial score (nSPS) is 26.6. The highest BCUT2D eigenvalue weighted by atomic mass is 16.8. The molecule has 164 valence electrons. The van der Waals surface area contributed by atoms with E-state index in [2.05, 4.69) is 6.92 Å². The quantitative estimate of drug-likeness (QED) is 0.269. The van der Waals surface area contributed by atoms with E-state index in [0.717, 1.165) is 32.1 Å². The van der Waals surface area contributed by atoms with Crippen LogP contribution in [0, 0.1) is 0 Å². The van der Waals surface area contributed by atoms with Crippen molar-refractivity contribution < 1.29 is 19.4 Å². The topological polar surface area (TPSA) is 55.8 Å². The van der Waals surface area contributed by atoms with E-state index >= 15 is 0 Å². The van der Waals surface area contributed by atoms with Gasteiger partial charge in [0.25, 0.3) is 0 Å². The first kappa shape index (κ1) is 23.7. The van der Waals surface area contributed by atoms with Gasteiger partial charge >= 0.3 is 5.97 Å². The Morgan fingerprint density at radius 1 is 0.893 bits per heavy atom. The highest BCUT2D eigenvalue weighted by Crippen LogP contribution is 2.44. The Hall–Kier alpha value is -0.610. The second-order valence-corrected chi connectivity index (χ2v) is 9.04. The molecule has 0 aromatic rings. The highest BCUT2D eigenvalue weighted by molar-refractivity contribution is 5.66. The molecule has 28 heavy (non-hydrogen) atoms. The molecule has 0 amide bonds. The van der Waals surface area contributed by atoms with Gasteiger partial charge in [-0.15, -0.1) is 0 Å². The summed E-state index contributed by atoms with van der Waals surface area (Å²) in [5.74, 6) is -0.937. The highest BCUT2D eigenvalue weighted by Gasteiger charge is 2.49. The van der Waals surface area contributed by atoms with E-state index < -0.39 is 5.97 Å². The summed E-state index contributed by atoms with van der Waals surface area (Å²) in [6, 6.07) is 0. The van der Waals surface area contributed by atoms with E-state index in [9.17, 15) is 4.79 Å². The number of hydrogen-bond acceptors (Lipinski definition) is 3. The van der Waals surface area contributed by atoms with Gasteiger partial charge in [0.1, 0.15) is 0 Å². The zero-order valence-electron chi connectivity index (χ0n) is 18.3. The number of carbonyl (C=O) groups is 1. The van der Waals surface area contributed by atoms with Crippen molar-refractivity contribution in [3.8, 4) is 0 Å². The molecule has 2 rings (SSSR count). The van der Waals surface area contributed by atoms with Gasteiger partial charge in [0.2, 0.25) is 0 Å². The second-order valence-electron chi connectivity index (χ2n) is 9.04. The summed E-state index contributed by atoms with van der Waals surface area (Å²) in [5.41, 5.74) is 0. The van der Waals surface area contributed by atoms with Crippen molar-refractivity contribution in [2.24, 2.45) is 0 Å². The molecule has 0 radical (unpaired) electrons. The number of ether oxygens (including phenoxy) is 2. The third-order valence-corrected chi connectivity index (χ3v) is 6.48. The Kier molecular flexibility index (Phi) is 11.5. The molecule has 0 spiro atoms. The summed E-state index contributed by atoms with van der Waals surface area (Å²) in [6.07, 6.45) is 22.7. The van der Waals surface area contributed by atoms with Gasteiger partial charge in [-0.25, -0.2) is 0 Å². The molecule has 2 aliphatic rings. The zero-order valence-corrected chi connectivity index (χ0v) is 18.3. The summed E-state index contributed by atoms with van der Waals surface area (Å²) < 4.78 is 12.9. The average molecular weight is 397 g/mol. The molecule has 2 aliphatic heterocycles. The van der Waals surface area contributed by atoms with Crippen LogP contribution >= 0.6 is 0 Å². The van der Waals surface area contributed by atoms with E-state index in [1.54, 1.807) is 0 Å². The average Bonchev–Trinajstić information content (AvgIpc) is 2.92. The van der Waals surface area contributed by atoms with E-state index in [4.69, 9.17) is 14.6 Å². The molecule has 0 saturated carbocycles. The first-order valence-corrected chi connectivity index (χ1v) is 12.2. The van der Waals surface area contributed by atoms with E-state index in [1.165, 1.54) is 83.5 Å². The van der Waals surface area contributed by atoms with Crippen molar-refractivity contribution in [3.63, 3.8) is 0 Å². The van der Waals surface area contributed by atoms with Crippen LogP contribution in [-0.4, -0.2) is 29.1 Å². The van der Waals surface area contributed by atoms with Crippen molar-refractivity contribution in [1.29, 1.82) is 0 Å². The van der Waals surface area contributed by atoms with Crippen LogP contribution in [0.1, 0.15) is 129 Å². The molecule has 0 aliphatic carbocycles. The number of fused-ring (bicyclic) bond motifs is 2. The van der Waals surface area contributed by atoms with Crippen LogP contribution in [0.25, 0.3) is 0 Å². The van der Waals surface area contributed by atoms with Gasteiger partial charge in [0.05, 0.1) is 12.2 Å². The van der Waals surface area contributed by atoms with Crippen molar-refractivity contribution in [2.75, 3.05) is 0 Å². The van der Waals surface area contributed by atoms with Crippen LogP contribution in [0.2, 0.25) is 0 Å². The first-order chi connectivity index (χ1) is 13.7. The maximum absolute atomic E-state index is 10.5. The minimum Gasteiger partial charge on any atom is -0.481 e. The Morgan fingerprint density at radius 3 is 2.25 bits per heavy atom. The van der Waals surface area contributed by atoms with Gasteiger partial charge in [-0.05, 0) is 32.1 Å². The van der Waals surface area contributed by atoms with Crippen LogP contribution in [-0.2, 0) is 14.3 Å². The summed E-state index contributed by atoms with van der Waals surface area (Å²) in [5, 5.41) is 8.65. The van der Waals surface area contributed by atoms with Crippen molar-refractivity contribution >= 4 is 5.97 Å². The van der Waals surface area contributed by atoms with Crippen LogP contribution in [0.15, 0.2) is 0 Å². The van der Waals surface area contributed by atoms with E-state index in [1.807, 2.05) is 0 Å². The maximum Gasteiger partial charge on any atom is 0.303 e. The van der Waals surface area contributed by atoms with Gasteiger partial charge < -0.3 is 14.6 Å². The van der Waals surface area contributed by atoms with Crippen molar-refractivity contribution in [1.82, 2.24) is 0 Å². The molecule has 3 atom stereocenters. The Labute approximate surface area is 172 Å². The Morgan fingerprint density at radius 2 is 1.54 bits per heavy atom.